The van der Waals surface area contributed by atoms with Crippen LogP contribution in [0, 0.1) is 0 Å². The van der Waals surface area contributed by atoms with Gasteiger partial charge in [-0.3, -0.25) is 0 Å². The van der Waals surface area contributed by atoms with Crippen LogP contribution in [0.15, 0.2) is 0 Å². The highest BCUT2D eigenvalue weighted by Crippen LogP contribution is 2.05. The van der Waals surface area contributed by atoms with Crippen molar-refractivity contribution in [2.24, 2.45) is 0 Å². The number of rotatable bonds is 3. The third-order valence-electron chi connectivity index (χ3n) is 4.87. The third-order valence-corrected chi connectivity index (χ3v) is 4.87. The second kappa shape index (κ2) is 7.38. The van der Waals surface area contributed by atoms with Gasteiger partial charge in [0.15, 0.2) is 0 Å². The molecule has 100 valence electrons. The molecule has 2 aliphatic rings. The molecule has 0 spiro atoms. The fourth-order valence-electron chi connectivity index (χ4n) is 3.81. The highest BCUT2D eigenvalue weighted by Gasteiger charge is 2.29. The van der Waals surface area contributed by atoms with E-state index < -0.39 is 0 Å². The summed E-state index contributed by atoms with van der Waals surface area (Å²) in [5.41, 5.74) is 0. The van der Waals surface area contributed by atoms with Crippen molar-refractivity contribution >= 4 is 0 Å². The maximum Gasteiger partial charge on any atom is 0.0983 e. The molecule has 2 saturated heterocycles. The molecule has 2 N–H and O–H groups in total. The zero-order valence-electron chi connectivity index (χ0n) is 11.8. The molecule has 17 heavy (non-hydrogen) atoms. The minimum Gasteiger partial charge on any atom is -0.335 e. The minimum atomic E-state index is 1.01. The van der Waals surface area contributed by atoms with E-state index in [1.165, 1.54) is 84.1 Å². The Morgan fingerprint density at radius 2 is 1.41 bits per heavy atom. The monoisotopic (exact) mass is 240 g/mol. The molecule has 0 bridgehead atoms. The molecule has 0 aliphatic carbocycles. The van der Waals surface area contributed by atoms with Gasteiger partial charge < -0.3 is 9.80 Å². The first-order chi connectivity index (χ1) is 8.40. The van der Waals surface area contributed by atoms with E-state index in [0.717, 1.165) is 6.04 Å². The number of hydrogen-bond donors (Lipinski definition) is 2. The molecule has 0 atom stereocenters. The first-order valence-electron chi connectivity index (χ1n) is 8.08. The largest absolute Gasteiger partial charge is 0.335 e. The highest BCUT2D eigenvalue weighted by atomic mass is 15.2. The first kappa shape index (κ1) is 13.4. The average Bonchev–Trinajstić information content (AvgIpc) is 2.30. The number of piperidine rings is 1. The average molecular weight is 240 g/mol. The van der Waals surface area contributed by atoms with Crippen LogP contribution >= 0.6 is 0 Å². The molecular weight excluding hydrogens is 208 g/mol. The Balaban J connectivity index is 1.74. The Hall–Kier alpha value is -0.0800. The predicted octanol–water partition coefficient (Wildman–Crippen LogP) is 0.293. The van der Waals surface area contributed by atoms with Crippen LogP contribution in [0.2, 0.25) is 0 Å². The van der Waals surface area contributed by atoms with E-state index in [4.69, 9.17) is 0 Å². The van der Waals surface area contributed by atoms with Gasteiger partial charge in [0, 0.05) is 12.8 Å². The first-order valence-corrected chi connectivity index (χ1v) is 8.08. The fourth-order valence-corrected chi connectivity index (χ4v) is 3.81. The molecule has 2 rings (SSSR count). The van der Waals surface area contributed by atoms with E-state index in [9.17, 15) is 0 Å². The molecule has 2 heteroatoms. The number of nitrogens with one attached hydrogen (secondary N) is 2. The lowest BCUT2D eigenvalue weighted by molar-refractivity contribution is -0.958. The van der Waals surface area contributed by atoms with Gasteiger partial charge in [-0.05, 0) is 32.1 Å². The summed E-state index contributed by atoms with van der Waals surface area (Å²) < 4.78 is 0. The molecular formula is C15H32N2+2. The van der Waals surface area contributed by atoms with E-state index in [2.05, 4.69) is 6.92 Å². The lowest BCUT2D eigenvalue weighted by Crippen LogP contribution is -3.20. The Kier molecular flexibility index (Phi) is 5.79. The van der Waals surface area contributed by atoms with Gasteiger partial charge in [0.1, 0.15) is 0 Å². The van der Waals surface area contributed by atoms with Gasteiger partial charge in [-0.1, -0.05) is 13.3 Å². The molecule has 0 amide bonds. The maximum atomic E-state index is 2.32. The molecule has 2 fully saturated rings. The summed E-state index contributed by atoms with van der Waals surface area (Å²) in [5.74, 6) is 0. The summed E-state index contributed by atoms with van der Waals surface area (Å²) >= 11 is 0. The van der Waals surface area contributed by atoms with Crippen LogP contribution < -0.4 is 9.80 Å². The van der Waals surface area contributed by atoms with Gasteiger partial charge in [-0.15, -0.1) is 0 Å². The van der Waals surface area contributed by atoms with Gasteiger partial charge in [0.25, 0.3) is 0 Å². The Labute approximate surface area is 107 Å². The summed E-state index contributed by atoms with van der Waals surface area (Å²) in [7, 11) is 0. The van der Waals surface area contributed by atoms with E-state index >= 15 is 0 Å². The zero-order valence-corrected chi connectivity index (χ0v) is 11.8. The number of quaternary nitrogens is 2. The predicted molar refractivity (Wildman–Crippen MR) is 72.7 cm³/mol. The van der Waals surface area contributed by atoms with Crippen LogP contribution in [0.1, 0.15) is 58.3 Å². The summed E-state index contributed by atoms with van der Waals surface area (Å²) in [6.07, 6.45) is 11.8. The molecule has 0 aromatic rings. The van der Waals surface area contributed by atoms with Crippen LogP contribution in [0.25, 0.3) is 0 Å². The van der Waals surface area contributed by atoms with Gasteiger partial charge >= 0.3 is 0 Å². The minimum absolute atomic E-state index is 1.01. The molecule has 2 aliphatic heterocycles. The molecule has 2 heterocycles. The lowest BCUT2D eigenvalue weighted by atomic mass is 10.00. The standard InChI is InChI=1S/C15H30N2/c1-2-10-16-13-8-15(9-14-16)17-11-6-4-3-5-7-12-17/h15H,2-14H2,1H3/p+2. The second-order valence-corrected chi connectivity index (χ2v) is 6.20. The molecule has 2 nitrogen and oxygen atoms in total. The molecule has 0 unspecified atom stereocenters. The van der Waals surface area contributed by atoms with Crippen molar-refractivity contribution in [2.45, 2.75) is 64.3 Å². The third kappa shape index (κ3) is 4.26. The SMILES string of the molecule is CCC[NH+]1CCC([NH+]2CCCCCCC2)CC1. The van der Waals surface area contributed by atoms with Crippen molar-refractivity contribution in [3.63, 3.8) is 0 Å². The van der Waals surface area contributed by atoms with E-state index in [0.29, 0.717) is 0 Å². The fraction of sp³-hybridized carbons (Fsp3) is 1.00. The number of hydrogen-bond acceptors (Lipinski definition) is 0. The topological polar surface area (TPSA) is 8.88 Å². The summed E-state index contributed by atoms with van der Waals surface area (Å²) in [6, 6.07) is 1.01. The van der Waals surface area contributed by atoms with Crippen molar-refractivity contribution < 1.29 is 9.80 Å². The maximum absolute atomic E-state index is 2.32. The van der Waals surface area contributed by atoms with Crippen LogP contribution in [-0.2, 0) is 0 Å². The molecule has 0 saturated carbocycles. The van der Waals surface area contributed by atoms with E-state index in [1.807, 2.05) is 9.80 Å². The lowest BCUT2D eigenvalue weighted by Gasteiger charge is -2.35. The van der Waals surface area contributed by atoms with Gasteiger partial charge in [-0.2, -0.15) is 0 Å². The van der Waals surface area contributed by atoms with E-state index in [-0.39, 0.29) is 0 Å². The van der Waals surface area contributed by atoms with Gasteiger partial charge in [-0.25, -0.2) is 0 Å². The zero-order chi connectivity index (χ0) is 11.9. The highest BCUT2D eigenvalue weighted by molar-refractivity contribution is 4.61. The quantitative estimate of drug-likeness (QED) is 0.702. The van der Waals surface area contributed by atoms with Crippen LogP contribution in [0.4, 0.5) is 0 Å². The Bertz CT molecular complexity index is 189. The van der Waals surface area contributed by atoms with Crippen molar-refractivity contribution in [3.05, 3.63) is 0 Å². The molecule has 0 aromatic carbocycles. The van der Waals surface area contributed by atoms with E-state index in [1.54, 1.807) is 0 Å². The normalized spacial score (nSPS) is 33.0. The van der Waals surface area contributed by atoms with Crippen LogP contribution in [0.5, 0.6) is 0 Å². The van der Waals surface area contributed by atoms with Crippen molar-refractivity contribution in [1.82, 2.24) is 0 Å². The van der Waals surface area contributed by atoms with Gasteiger partial charge in [0.2, 0.25) is 0 Å². The summed E-state index contributed by atoms with van der Waals surface area (Å²) in [4.78, 5) is 3.83. The second-order valence-electron chi connectivity index (χ2n) is 6.20. The molecule has 0 aromatic heterocycles. The smallest absolute Gasteiger partial charge is 0.0983 e. The van der Waals surface area contributed by atoms with Crippen LogP contribution in [0.3, 0.4) is 0 Å². The van der Waals surface area contributed by atoms with Crippen molar-refractivity contribution in [2.75, 3.05) is 32.7 Å². The van der Waals surface area contributed by atoms with Crippen molar-refractivity contribution in [1.29, 1.82) is 0 Å². The van der Waals surface area contributed by atoms with Crippen LogP contribution in [-0.4, -0.2) is 38.8 Å². The van der Waals surface area contributed by atoms with Gasteiger partial charge in [0.05, 0.1) is 38.8 Å². The summed E-state index contributed by atoms with van der Waals surface area (Å²) in [6.45, 7) is 9.55. The summed E-state index contributed by atoms with van der Waals surface area (Å²) in [5, 5.41) is 0. The Morgan fingerprint density at radius 3 is 2.00 bits per heavy atom. The Morgan fingerprint density at radius 1 is 0.824 bits per heavy atom. The number of likely N-dealkylation sites (tertiary alicyclic amines) is 2. The van der Waals surface area contributed by atoms with Crippen molar-refractivity contribution in [3.8, 4) is 0 Å². The molecule has 0 radical (unpaired) electrons.